The number of rotatable bonds is 10. The summed E-state index contributed by atoms with van der Waals surface area (Å²) in [5, 5.41) is 9.78. The summed E-state index contributed by atoms with van der Waals surface area (Å²) in [7, 11) is 0. The van der Waals surface area contributed by atoms with Crippen LogP contribution in [-0.4, -0.2) is 62.2 Å². The molecule has 0 aliphatic rings. The third-order valence-electron chi connectivity index (χ3n) is 4.84. The fourth-order valence-corrected chi connectivity index (χ4v) is 3.02. The molecule has 12 nitrogen and oxygen atoms in total. The molecule has 0 aliphatic heterocycles. The molecule has 3 N–H and O–H groups in total. The number of nitrogens with one attached hydrogen (secondary N) is 3. The van der Waals surface area contributed by atoms with Gasteiger partial charge in [0.05, 0.1) is 19.5 Å². The van der Waals surface area contributed by atoms with E-state index in [2.05, 4.69) is 20.4 Å². The fraction of sp³-hybridized carbons (Fsp3) is 0.364. The molecule has 3 rings (SSSR count). The van der Waals surface area contributed by atoms with Gasteiger partial charge in [-0.25, -0.2) is 29.1 Å². The topological polar surface area (TPSA) is 155 Å². The monoisotopic (exact) mass is 469 g/mol. The Morgan fingerprint density at radius 3 is 2.65 bits per heavy atom. The minimum absolute atomic E-state index is 0.0340. The summed E-state index contributed by atoms with van der Waals surface area (Å²) in [6, 6.07) is 9.03. The number of imidazole rings is 1. The number of unbranched alkanes of at least 4 members (excludes halogenated alkanes) is 1. The largest absolute Gasteiger partial charge is 0.455 e. The van der Waals surface area contributed by atoms with E-state index < -0.39 is 18.0 Å². The van der Waals surface area contributed by atoms with Gasteiger partial charge in [-0.05, 0) is 12.0 Å². The smallest absolute Gasteiger partial charge is 0.421 e. The van der Waals surface area contributed by atoms with Crippen LogP contribution in [0.5, 0.6) is 0 Å². The van der Waals surface area contributed by atoms with Crippen molar-refractivity contribution >= 4 is 29.1 Å². The molecule has 0 radical (unpaired) electrons. The molecule has 2 aromatic heterocycles. The number of hydrogen-bond donors (Lipinski definition) is 3. The summed E-state index contributed by atoms with van der Waals surface area (Å²) in [5.41, 5.74) is 3.23. The van der Waals surface area contributed by atoms with E-state index in [0.29, 0.717) is 0 Å². The molecular formula is C22H27N7O5. The first-order valence-corrected chi connectivity index (χ1v) is 10.9. The number of likely N-dealkylation sites (N-methyl/N-ethyl adjacent to an activating group) is 1. The predicted molar refractivity (Wildman–Crippen MR) is 121 cm³/mol. The summed E-state index contributed by atoms with van der Waals surface area (Å²) in [6.07, 6.45) is 2.22. The number of ether oxygens (including phenoxy) is 2. The minimum atomic E-state index is -0.884. The molecule has 0 unspecified atom stereocenters. The van der Waals surface area contributed by atoms with E-state index >= 15 is 0 Å². The predicted octanol–water partition coefficient (Wildman–Crippen LogP) is 2.00. The van der Waals surface area contributed by atoms with Gasteiger partial charge in [-0.15, -0.1) is 0 Å². The van der Waals surface area contributed by atoms with Crippen molar-refractivity contribution < 1.29 is 23.9 Å². The van der Waals surface area contributed by atoms with Crippen LogP contribution in [-0.2, 0) is 16.1 Å². The zero-order valence-corrected chi connectivity index (χ0v) is 19.0. The van der Waals surface area contributed by atoms with E-state index in [4.69, 9.17) is 14.9 Å². The highest BCUT2D eigenvalue weighted by molar-refractivity contribution is 5.94. The Bertz CT molecular complexity index is 1210. The van der Waals surface area contributed by atoms with Gasteiger partial charge in [-0.2, -0.15) is 0 Å². The van der Waals surface area contributed by atoms with Crippen LogP contribution < -0.4 is 10.9 Å². The number of carbonyl (C=O) groups excluding carboxylic acids is 3. The van der Waals surface area contributed by atoms with Crippen LogP contribution >= 0.6 is 0 Å². The number of fused-ring (bicyclic) bond motifs is 1. The van der Waals surface area contributed by atoms with Crippen molar-refractivity contribution in [3.8, 4) is 0 Å². The zero-order chi connectivity index (χ0) is 24.5. The van der Waals surface area contributed by atoms with Gasteiger partial charge < -0.3 is 14.5 Å². The van der Waals surface area contributed by atoms with Gasteiger partial charge >= 0.3 is 12.1 Å². The van der Waals surface area contributed by atoms with Gasteiger partial charge in [-0.3, -0.25) is 15.6 Å². The van der Waals surface area contributed by atoms with E-state index in [9.17, 15) is 14.4 Å². The fourth-order valence-electron chi connectivity index (χ4n) is 3.02. The van der Waals surface area contributed by atoms with Crippen LogP contribution in [0.4, 0.5) is 4.79 Å². The van der Waals surface area contributed by atoms with Crippen LogP contribution in [0.25, 0.3) is 11.2 Å². The van der Waals surface area contributed by atoms with Crippen LogP contribution in [0.2, 0.25) is 0 Å². The van der Waals surface area contributed by atoms with Crippen molar-refractivity contribution in [1.29, 1.82) is 5.41 Å². The quantitative estimate of drug-likeness (QED) is 0.231. The van der Waals surface area contributed by atoms with Crippen molar-refractivity contribution in [2.24, 2.45) is 0 Å². The highest BCUT2D eigenvalue weighted by Gasteiger charge is 2.24. The first kappa shape index (κ1) is 24.6. The maximum atomic E-state index is 13.2. The number of aromatic amines is 1. The second kappa shape index (κ2) is 11.7. The molecule has 0 bridgehead atoms. The Hall–Kier alpha value is -4.06. The van der Waals surface area contributed by atoms with E-state index in [1.807, 2.05) is 25.1 Å². The molecule has 0 aliphatic carbocycles. The van der Waals surface area contributed by atoms with E-state index in [-0.39, 0.29) is 48.8 Å². The van der Waals surface area contributed by atoms with Crippen molar-refractivity contribution in [3.63, 3.8) is 0 Å². The molecule has 0 saturated heterocycles. The number of nitrogens with zero attached hydrogens (tertiary/aromatic N) is 4. The number of amides is 1. The SMILES string of the molecule is CCCCOC(=O)NN(CC)CC(=O)n1c(C(=O)OCc2ccccc2)nc2nc[nH]c2c1=N. The number of hydrogen-bond acceptors (Lipinski definition) is 9. The van der Waals surface area contributed by atoms with Gasteiger partial charge in [0.2, 0.25) is 11.7 Å². The Morgan fingerprint density at radius 1 is 1.18 bits per heavy atom. The molecule has 1 aromatic carbocycles. The highest BCUT2D eigenvalue weighted by atomic mass is 16.6. The molecule has 0 saturated carbocycles. The van der Waals surface area contributed by atoms with E-state index in [1.54, 1.807) is 19.1 Å². The maximum Gasteiger partial charge on any atom is 0.421 e. The van der Waals surface area contributed by atoms with Crippen LogP contribution in [0.3, 0.4) is 0 Å². The van der Waals surface area contributed by atoms with Crippen LogP contribution in [0.15, 0.2) is 36.7 Å². The summed E-state index contributed by atoms with van der Waals surface area (Å²) in [6.45, 7) is 3.87. The number of H-pyrrole nitrogens is 1. The molecule has 0 fully saturated rings. The average molecular weight is 470 g/mol. The number of aromatic nitrogens is 4. The lowest BCUT2D eigenvalue weighted by atomic mass is 10.2. The standard InChI is InChI=1S/C22H27N7O5/c1-3-5-11-33-22(32)27-28(4-2)12-16(30)29-18(23)17-19(25-14-24-17)26-20(29)21(31)34-13-15-9-7-6-8-10-15/h6-10,14,23H,3-5,11-13H2,1-2H3,(H,24,25)(H,27,32). The number of carbonyl (C=O) groups is 3. The molecule has 1 amide bonds. The third-order valence-corrected chi connectivity index (χ3v) is 4.84. The highest BCUT2D eigenvalue weighted by Crippen LogP contribution is 2.08. The van der Waals surface area contributed by atoms with Gasteiger partial charge in [0.1, 0.15) is 12.1 Å². The molecular weight excluding hydrogens is 442 g/mol. The lowest BCUT2D eigenvalue weighted by Gasteiger charge is -2.21. The molecule has 0 atom stereocenters. The van der Waals surface area contributed by atoms with Gasteiger partial charge in [-0.1, -0.05) is 50.6 Å². The van der Waals surface area contributed by atoms with E-state index in [0.717, 1.165) is 23.0 Å². The Balaban J connectivity index is 1.82. The average Bonchev–Trinajstić information content (AvgIpc) is 3.32. The summed E-state index contributed by atoms with van der Waals surface area (Å²) in [5.74, 6) is -1.94. The van der Waals surface area contributed by atoms with Crippen LogP contribution in [0.1, 0.15) is 47.7 Å². The molecule has 0 spiro atoms. The molecule has 180 valence electrons. The summed E-state index contributed by atoms with van der Waals surface area (Å²) in [4.78, 5) is 48.9. The first-order chi connectivity index (χ1) is 16.4. The van der Waals surface area contributed by atoms with Gasteiger partial charge in [0, 0.05) is 6.54 Å². The second-order valence-corrected chi connectivity index (χ2v) is 7.29. The second-order valence-electron chi connectivity index (χ2n) is 7.29. The minimum Gasteiger partial charge on any atom is -0.455 e. The molecule has 34 heavy (non-hydrogen) atoms. The Labute approximate surface area is 195 Å². The zero-order valence-electron chi connectivity index (χ0n) is 19.0. The number of hydrazine groups is 1. The lowest BCUT2D eigenvalue weighted by Crippen LogP contribution is -2.48. The third kappa shape index (κ3) is 6.04. The molecule has 2 heterocycles. The van der Waals surface area contributed by atoms with Crippen molar-refractivity contribution in [3.05, 3.63) is 53.5 Å². The molecule has 3 aromatic rings. The summed E-state index contributed by atoms with van der Waals surface area (Å²) < 4.78 is 11.2. The maximum absolute atomic E-state index is 13.2. The van der Waals surface area contributed by atoms with Gasteiger partial charge in [0.25, 0.3) is 0 Å². The van der Waals surface area contributed by atoms with Crippen molar-refractivity contribution in [1.82, 2.24) is 30.0 Å². The summed E-state index contributed by atoms with van der Waals surface area (Å²) >= 11 is 0. The van der Waals surface area contributed by atoms with Crippen molar-refractivity contribution in [2.45, 2.75) is 33.3 Å². The van der Waals surface area contributed by atoms with Gasteiger partial charge in [0.15, 0.2) is 11.1 Å². The number of esters is 1. The first-order valence-electron chi connectivity index (χ1n) is 10.9. The van der Waals surface area contributed by atoms with Crippen molar-refractivity contribution in [2.75, 3.05) is 19.7 Å². The molecule has 12 heteroatoms. The number of benzene rings is 1. The Morgan fingerprint density at radius 2 is 1.94 bits per heavy atom. The van der Waals surface area contributed by atoms with Crippen LogP contribution in [0, 0.1) is 5.41 Å². The normalized spacial score (nSPS) is 10.9. The lowest BCUT2D eigenvalue weighted by molar-refractivity contribution is 0.0440. The Kier molecular flexibility index (Phi) is 8.46. The van der Waals surface area contributed by atoms with E-state index in [1.165, 1.54) is 11.3 Å².